The lowest BCUT2D eigenvalue weighted by Gasteiger charge is -2.55. The molecule has 0 radical (unpaired) electrons. The predicted octanol–water partition coefficient (Wildman–Crippen LogP) is 3.52. The summed E-state index contributed by atoms with van der Waals surface area (Å²) in [7, 11) is 0. The highest BCUT2D eigenvalue weighted by Crippen LogP contribution is 2.60. The molecule has 0 atom stereocenters. The first-order valence-corrected chi connectivity index (χ1v) is 7.76. The number of ketones is 1. The lowest BCUT2D eigenvalue weighted by Crippen LogP contribution is -2.48. The predicted molar refractivity (Wildman–Crippen MR) is 73.6 cm³/mol. The van der Waals surface area contributed by atoms with Gasteiger partial charge in [-0.15, -0.1) is 0 Å². The van der Waals surface area contributed by atoms with Crippen LogP contribution in [0.25, 0.3) is 0 Å². The maximum Gasteiger partial charge on any atom is 0.205 e. The molecule has 0 spiro atoms. The molecule has 4 saturated carbocycles. The summed E-state index contributed by atoms with van der Waals surface area (Å²) in [6.45, 7) is 0. The van der Waals surface area contributed by atoms with E-state index in [9.17, 15) is 9.59 Å². The number of Topliss-reactive ketones (excluding diaryl/α,β-unsaturated/α-hetero) is 1. The second kappa shape index (κ2) is 4.31. The van der Waals surface area contributed by atoms with Crippen molar-refractivity contribution in [1.82, 2.24) is 0 Å². The van der Waals surface area contributed by atoms with Gasteiger partial charge in [0.1, 0.15) is 12.0 Å². The summed E-state index contributed by atoms with van der Waals surface area (Å²) in [5, 5.41) is 0. The quantitative estimate of drug-likeness (QED) is 0.478. The average Bonchev–Trinajstić information content (AvgIpc) is 2.87. The lowest BCUT2D eigenvalue weighted by atomic mass is 9.49. The van der Waals surface area contributed by atoms with Gasteiger partial charge in [-0.1, -0.05) is 0 Å². The van der Waals surface area contributed by atoms with Gasteiger partial charge in [0.15, 0.2) is 5.76 Å². The van der Waals surface area contributed by atoms with Crippen molar-refractivity contribution in [2.24, 2.45) is 17.8 Å². The van der Waals surface area contributed by atoms with Crippen LogP contribution in [0.5, 0.6) is 0 Å². The van der Waals surface area contributed by atoms with Crippen LogP contribution >= 0.6 is 0 Å². The maximum absolute atomic E-state index is 11.8. The van der Waals surface area contributed by atoms with Gasteiger partial charge in [-0.3, -0.25) is 4.79 Å². The highest BCUT2D eigenvalue weighted by Gasteiger charge is 2.53. The molecule has 106 valence electrons. The molecular weight excluding hydrogens is 252 g/mol. The molecule has 1 heterocycles. The molecule has 4 fully saturated rings. The van der Waals surface area contributed by atoms with Gasteiger partial charge in [-0.05, 0) is 68.4 Å². The molecule has 4 bridgehead atoms. The largest absolute Gasteiger partial charge is 0.457 e. The minimum atomic E-state index is -0.198. The molecule has 0 saturated heterocycles. The molecule has 0 aromatic carbocycles. The molecular formula is C17H20O3. The number of aldehydes is 1. The van der Waals surface area contributed by atoms with E-state index in [1.165, 1.54) is 38.5 Å². The fraction of sp³-hybridized carbons (Fsp3) is 0.647. The Bertz CT molecular complexity index is 519. The molecule has 1 aromatic rings. The van der Waals surface area contributed by atoms with Crippen LogP contribution in [0.4, 0.5) is 0 Å². The second-order valence-corrected chi connectivity index (χ2v) is 7.16. The van der Waals surface area contributed by atoms with E-state index in [0.29, 0.717) is 12.0 Å². The number of rotatable bonds is 4. The topological polar surface area (TPSA) is 47.3 Å². The Hall–Kier alpha value is -1.38. The van der Waals surface area contributed by atoms with E-state index in [0.717, 1.165) is 23.5 Å². The van der Waals surface area contributed by atoms with Crippen molar-refractivity contribution >= 4 is 12.1 Å². The van der Waals surface area contributed by atoms with Crippen LogP contribution < -0.4 is 0 Å². The Balaban J connectivity index is 1.64. The minimum absolute atomic E-state index is 0.0756. The van der Waals surface area contributed by atoms with Crippen LogP contribution in [0.2, 0.25) is 0 Å². The highest BCUT2D eigenvalue weighted by atomic mass is 16.3. The Labute approximate surface area is 118 Å². The van der Waals surface area contributed by atoms with E-state index < -0.39 is 0 Å². The number of hydrogen-bond donors (Lipinski definition) is 0. The summed E-state index contributed by atoms with van der Waals surface area (Å²) < 4.78 is 5.87. The molecule has 0 aliphatic heterocycles. The maximum atomic E-state index is 11.8. The van der Waals surface area contributed by atoms with Crippen LogP contribution in [0.15, 0.2) is 16.5 Å². The fourth-order valence-electron chi connectivity index (χ4n) is 5.36. The van der Waals surface area contributed by atoms with Gasteiger partial charge in [0.25, 0.3) is 0 Å². The lowest BCUT2D eigenvalue weighted by molar-refractivity contribution is -0.107. The van der Waals surface area contributed by atoms with Crippen molar-refractivity contribution in [2.75, 3.05) is 0 Å². The Kier molecular flexibility index (Phi) is 2.66. The summed E-state index contributed by atoms with van der Waals surface area (Å²) in [4.78, 5) is 22.2. The van der Waals surface area contributed by atoms with Crippen LogP contribution in [-0.2, 0) is 10.2 Å². The molecule has 5 rings (SSSR count). The van der Waals surface area contributed by atoms with E-state index in [1.807, 2.05) is 6.07 Å². The molecule has 0 amide bonds. The number of furan rings is 1. The van der Waals surface area contributed by atoms with E-state index in [4.69, 9.17) is 4.42 Å². The van der Waals surface area contributed by atoms with Crippen LogP contribution in [-0.4, -0.2) is 12.1 Å². The summed E-state index contributed by atoms with van der Waals surface area (Å²) in [5.41, 5.74) is 0.189. The first-order valence-electron chi connectivity index (χ1n) is 7.76. The van der Waals surface area contributed by atoms with E-state index in [-0.39, 0.29) is 17.6 Å². The molecule has 3 heteroatoms. The van der Waals surface area contributed by atoms with Gasteiger partial charge >= 0.3 is 0 Å². The summed E-state index contributed by atoms with van der Waals surface area (Å²) >= 11 is 0. The van der Waals surface area contributed by atoms with Gasteiger partial charge in [0, 0.05) is 5.41 Å². The fourth-order valence-corrected chi connectivity index (χ4v) is 5.36. The molecule has 1 aromatic heterocycles. The van der Waals surface area contributed by atoms with E-state index in [1.54, 1.807) is 6.07 Å². The molecule has 0 unspecified atom stereocenters. The Morgan fingerprint density at radius 3 is 2.30 bits per heavy atom. The molecule has 0 N–H and O–H groups in total. The Morgan fingerprint density at radius 2 is 1.75 bits per heavy atom. The Morgan fingerprint density at radius 1 is 1.15 bits per heavy atom. The summed E-state index contributed by atoms with van der Waals surface area (Å²) in [6.07, 6.45) is 8.46. The highest BCUT2D eigenvalue weighted by molar-refractivity contribution is 6.00. The van der Waals surface area contributed by atoms with Crippen LogP contribution in [0, 0.1) is 17.8 Å². The van der Waals surface area contributed by atoms with Gasteiger partial charge in [-0.2, -0.15) is 0 Å². The number of hydrogen-bond acceptors (Lipinski definition) is 3. The smallest absolute Gasteiger partial charge is 0.205 e. The van der Waals surface area contributed by atoms with Gasteiger partial charge in [0.05, 0.1) is 6.42 Å². The monoisotopic (exact) mass is 272 g/mol. The van der Waals surface area contributed by atoms with Gasteiger partial charge in [0.2, 0.25) is 5.78 Å². The van der Waals surface area contributed by atoms with Crippen molar-refractivity contribution < 1.29 is 14.0 Å². The van der Waals surface area contributed by atoms with E-state index >= 15 is 0 Å². The average molecular weight is 272 g/mol. The normalized spacial score (nSPS) is 38.1. The zero-order valence-corrected chi connectivity index (χ0v) is 11.6. The zero-order chi connectivity index (χ0) is 13.7. The molecule has 4 aliphatic carbocycles. The van der Waals surface area contributed by atoms with Crippen molar-refractivity contribution in [2.45, 2.75) is 50.4 Å². The number of carbonyl (C=O) groups is 2. The summed E-state index contributed by atoms with van der Waals surface area (Å²) in [5.74, 6) is 3.76. The van der Waals surface area contributed by atoms with Crippen molar-refractivity contribution in [3.8, 4) is 0 Å². The zero-order valence-electron chi connectivity index (χ0n) is 11.6. The third kappa shape index (κ3) is 1.79. The van der Waals surface area contributed by atoms with Gasteiger partial charge in [-0.25, -0.2) is 0 Å². The molecule has 4 aliphatic rings. The standard InChI is InChI=1S/C17H20O3/c18-4-3-14(19)15-1-2-16(20-15)17-8-11-5-12(9-17)7-13(6-11)10-17/h1-2,4,11-13H,3,5-10H2. The van der Waals surface area contributed by atoms with Gasteiger partial charge < -0.3 is 9.21 Å². The number of carbonyl (C=O) groups excluding carboxylic acids is 2. The second-order valence-electron chi connectivity index (χ2n) is 7.16. The van der Waals surface area contributed by atoms with Crippen LogP contribution in [0.3, 0.4) is 0 Å². The van der Waals surface area contributed by atoms with Crippen molar-refractivity contribution in [1.29, 1.82) is 0 Å². The first-order chi connectivity index (χ1) is 9.68. The SMILES string of the molecule is O=CCC(=O)c1ccc(C23CC4CC(CC(C4)C2)C3)o1. The minimum Gasteiger partial charge on any atom is -0.457 e. The van der Waals surface area contributed by atoms with Crippen molar-refractivity contribution in [3.63, 3.8) is 0 Å². The van der Waals surface area contributed by atoms with Crippen LogP contribution in [0.1, 0.15) is 61.3 Å². The first kappa shape index (κ1) is 12.4. The van der Waals surface area contributed by atoms with Crippen molar-refractivity contribution in [3.05, 3.63) is 23.7 Å². The van der Waals surface area contributed by atoms with E-state index in [2.05, 4.69) is 0 Å². The molecule has 3 nitrogen and oxygen atoms in total. The summed E-state index contributed by atoms with van der Waals surface area (Å²) in [6, 6.07) is 3.75. The third-order valence-electron chi connectivity index (χ3n) is 5.71. The third-order valence-corrected chi connectivity index (χ3v) is 5.71. The molecule has 20 heavy (non-hydrogen) atoms.